The largest absolute Gasteiger partial charge is 0.320 e. The van der Waals surface area contributed by atoms with Gasteiger partial charge in [0.05, 0.1) is 6.54 Å². The second-order valence-corrected chi connectivity index (χ2v) is 5.86. The molecule has 0 fully saturated rings. The highest BCUT2D eigenvalue weighted by Gasteiger charge is 2.01. The van der Waals surface area contributed by atoms with Crippen LogP contribution in [-0.2, 0) is 5.75 Å². The predicted molar refractivity (Wildman–Crippen MR) is 75.9 cm³/mol. The van der Waals surface area contributed by atoms with E-state index >= 15 is 0 Å². The molecule has 1 aromatic heterocycles. The fraction of sp³-hybridized carbons (Fsp3) is 0.538. The highest BCUT2D eigenvalue weighted by atomic mass is 32.2. The Morgan fingerprint density at radius 3 is 3.06 bits per heavy atom. The van der Waals surface area contributed by atoms with Gasteiger partial charge in [-0.05, 0) is 17.7 Å². The van der Waals surface area contributed by atoms with Crippen molar-refractivity contribution in [2.75, 3.05) is 12.3 Å². The van der Waals surface area contributed by atoms with E-state index in [0.29, 0.717) is 6.54 Å². The van der Waals surface area contributed by atoms with Crippen LogP contribution in [0.4, 0.5) is 0 Å². The first kappa shape index (κ1) is 13.6. The Hall–Kier alpha value is -0.430. The van der Waals surface area contributed by atoms with Gasteiger partial charge in [-0.25, -0.2) is 0 Å². The molecule has 0 radical (unpaired) electrons. The molecule has 0 amide bonds. The summed E-state index contributed by atoms with van der Waals surface area (Å²) in [7, 11) is 0. The lowest BCUT2D eigenvalue weighted by molar-refractivity contribution is 0.637. The molecular formula is C13H19NS2. The van der Waals surface area contributed by atoms with Gasteiger partial charge in [-0.15, -0.1) is 11.3 Å². The molecule has 1 heterocycles. The highest BCUT2D eigenvalue weighted by Crippen LogP contribution is 2.22. The summed E-state index contributed by atoms with van der Waals surface area (Å²) in [4.78, 5) is 1.41. The Morgan fingerprint density at radius 1 is 1.56 bits per heavy atom. The molecule has 0 bridgehead atoms. The van der Waals surface area contributed by atoms with Crippen molar-refractivity contribution in [3.8, 4) is 11.8 Å². The smallest absolute Gasteiger partial charge is 0.0555 e. The summed E-state index contributed by atoms with van der Waals surface area (Å²) >= 11 is 3.81. The first-order valence-corrected chi connectivity index (χ1v) is 7.63. The van der Waals surface area contributed by atoms with Crippen LogP contribution >= 0.6 is 23.1 Å². The zero-order valence-electron chi connectivity index (χ0n) is 9.95. The van der Waals surface area contributed by atoms with Crippen LogP contribution in [0.5, 0.6) is 0 Å². The fourth-order valence-corrected chi connectivity index (χ4v) is 3.32. The van der Waals surface area contributed by atoms with Crippen LogP contribution in [0.3, 0.4) is 0 Å². The van der Waals surface area contributed by atoms with Crippen LogP contribution in [0.25, 0.3) is 0 Å². The van der Waals surface area contributed by atoms with Crippen molar-refractivity contribution in [3.05, 3.63) is 21.9 Å². The van der Waals surface area contributed by atoms with Crippen LogP contribution in [-0.4, -0.2) is 12.3 Å². The molecule has 1 nitrogen and oxygen atoms in total. The van der Waals surface area contributed by atoms with E-state index in [1.165, 1.54) is 17.1 Å². The van der Waals surface area contributed by atoms with Crippen LogP contribution < -0.4 is 5.73 Å². The third-order valence-corrected chi connectivity index (χ3v) is 4.77. The quantitative estimate of drug-likeness (QED) is 0.815. The second kappa shape index (κ2) is 7.78. The van der Waals surface area contributed by atoms with Gasteiger partial charge >= 0.3 is 0 Å². The van der Waals surface area contributed by atoms with Gasteiger partial charge in [0, 0.05) is 21.6 Å². The van der Waals surface area contributed by atoms with Gasteiger partial charge in [-0.3, -0.25) is 0 Å². The van der Waals surface area contributed by atoms with Crippen molar-refractivity contribution >= 4 is 23.1 Å². The standard InChI is InChI=1S/C13H19NS2/c1-3-11(2)8-15-10-13-7-12(9-16-13)5-4-6-14/h7,9,11H,3,6,8,10,14H2,1-2H3. The van der Waals surface area contributed by atoms with E-state index in [1.807, 2.05) is 11.8 Å². The Morgan fingerprint density at radius 2 is 2.38 bits per heavy atom. The maximum atomic E-state index is 5.34. The van der Waals surface area contributed by atoms with E-state index in [1.54, 1.807) is 11.3 Å². The molecular weight excluding hydrogens is 234 g/mol. The van der Waals surface area contributed by atoms with Crippen LogP contribution in [0.15, 0.2) is 11.4 Å². The molecule has 3 heteroatoms. The molecule has 88 valence electrons. The van der Waals surface area contributed by atoms with Gasteiger partial charge in [0.15, 0.2) is 0 Å². The topological polar surface area (TPSA) is 26.0 Å². The number of rotatable bonds is 5. The van der Waals surface area contributed by atoms with E-state index in [0.717, 1.165) is 17.2 Å². The second-order valence-electron chi connectivity index (χ2n) is 3.84. The lowest BCUT2D eigenvalue weighted by Crippen LogP contribution is -1.95. The molecule has 0 aliphatic carbocycles. The average Bonchev–Trinajstić information content (AvgIpc) is 2.74. The van der Waals surface area contributed by atoms with Crippen molar-refractivity contribution in [1.29, 1.82) is 0 Å². The van der Waals surface area contributed by atoms with Gasteiger partial charge in [-0.1, -0.05) is 32.1 Å². The third-order valence-electron chi connectivity index (χ3n) is 2.33. The summed E-state index contributed by atoms with van der Waals surface area (Å²) in [6.45, 7) is 4.99. The molecule has 16 heavy (non-hydrogen) atoms. The van der Waals surface area contributed by atoms with E-state index in [2.05, 4.69) is 37.1 Å². The summed E-state index contributed by atoms with van der Waals surface area (Å²) in [5.74, 6) is 9.12. The van der Waals surface area contributed by atoms with E-state index in [4.69, 9.17) is 5.73 Å². The minimum Gasteiger partial charge on any atom is -0.320 e. The third kappa shape index (κ3) is 5.07. The first-order chi connectivity index (χ1) is 7.76. The Labute approximate surface area is 107 Å². The molecule has 1 unspecified atom stereocenters. The Kier molecular flexibility index (Phi) is 6.63. The molecule has 0 saturated carbocycles. The van der Waals surface area contributed by atoms with Crippen molar-refractivity contribution in [1.82, 2.24) is 0 Å². The molecule has 0 aliphatic heterocycles. The molecule has 1 rings (SSSR count). The number of nitrogens with two attached hydrogens (primary N) is 1. The summed E-state index contributed by atoms with van der Waals surface area (Å²) in [6.07, 6.45) is 1.27. The van der Waals surface area contributed by atoms with E-state index in [9.17, 15) is 0 Å². The van der Waals surface area contributed by atoms with Crippen molar-refractivity contribution in [3.63, 3.8) is 0 Å². The number of thiophene rings is 1. The lowest BCUT2D eigenvalue weighted by Gasteiger charge is -2.06. The van der Waals surface area contributed by atoms with Crippen molar-refractivity contribution < 1.29 is 0 Å². The zero-order valence-corrected chi connectivity index (χ0v) is 11.6. The maximum Gasteiger partial charge on any atom is 0.0555 e. The van der Waals surface area contributed by atoms with Gasteiger partial charge < -0.3 is 5.73 Å². The van der Waals surface area contributed by atoms with Crippen LogP contribution in [0.1, 0.15) is 30.7 Å². The average molecular weight is 253 g/mol. The molecule has 0 aliphatic rings. The van der Waals surface area contributed by atoms with Gasteiger partial charge in [0.2, 0.25) is 0 Å². The van der Waals surface area contributed by atoms with Crippen LogP contribution in [0.2, 0.25) is 0 Å². The molecule has 2 N–H and O–H groups in total. The minimum atomic E-state index is 0.438. The van der Waals surface area contributed by atoms with E-state index in [-0.39, 0.29) is 0 Å². The monoisotopic (exact) mass is 253 g/mol. The minimum absolute atomic E-state index is 0.438. The lowest BCUT2D eigenvalue weighted by atomic mass is 10.2. The summed E-state index contributed by atoms with van der Waals surface area (Å²) in [5, 5.41) is 2.11. The first-order valence-electron chi connectivity index (χ1n) is 5.60. The van der Waals surface area contributed by atoms with Gasteiger partial charge in [0.25, 0.3) is 0 Å². The zero-order chi connectivity index (χ0) is 11.8. The fourth-order valence-electron chi connectivity index (χ4n) is 1.15. The van der Waals surface area contributed by atoms with Crippen molar-refractivity contribution in [2.24, 2.45) is 11.7 Å². The molecule has 0 aromatic carbocycles. The Bertz CT molecular complexity index is 359. The maximum absolute atomic E-state index is 5.34. The summed E-state index contributed by atoms with van der Waals surface area (Å²) in [5.41, 5.74) is 6.44. The SMILES string of the molecule is CCC(C)CSCc1cc(C#CCN)cs1. The summed E-state index contributed by atoms with van der Waals surface area (Å²) in [6, 6.07) is 2.18. The summed E-state index contributed by atoms with van der Waals surface area (Å²) < 4.78 is 0. The molecule has 0 spiro atoms. The number of hydrogen-bond donors (Lipinski definition) is 1. The molecule has 1 aromatic rings. The van der Waals surface area contributed by atoms with Crippen molar-refractivity contribution in [2.45, 2.75) is 26.0 Å². The molecule has 1 atom stereocenters. The van der Waals surface area contributed by atoms with Gasteiger partial charge in [-0.2, -0.15) is 11.8 Å². The van der Waals surface area contributed by atoms with E-state index < -0.39 is 0 Å². The van der Waals surface area contributed by atoms with Crippen LogP contribution in [0, 0.1) is 17.8 Å². The van der Waals surface area contributed by atoms with Gasteiger partial charge in [0.1, 0.15) is 0 Å². The predicted octanol–water partition coefficient (Wildman–Crippen LogP) is 3.34. The normalized spacial score (nSPS) is 11.9. The molecule has 0 saturated heterocycles. The highest BCUT2D eigenvalue weighted by molar-refractivity contribution is 7.98. The number of hydrogen-bond acceptors (Lipinski definition) is 3. The number of thioether (sulfide) groups is 1. The Balaban J connectivity index is 2.35.